The molecule has 1 aromatic carbocycles. The van der Waals surface area contributed by atoms with Gasteiger partial charge < -0.3 is 19.8 Å². The van der Waals surface area contributed by atoms with Gasteiger partial charge in [0.15, 0.2) is 0 Å². The van der Waals surface area contributed by atoms with Gasteiger partial charge in [0.2, 0.25) is 0 Å². The van der Waals surface area contributed by atoms with Gasteiger partial charge in [0, 0.05) is 19.4 Å². The van der Waals surface area contributed by atoms with Crippen LogP contribution in [0, 0.1) is 0 Å². The summed E-state index contributed by atoms with van der Waals surface area (Å²) in [6.45, 7) is 7.64. The van der Waals surface area contributed by atoms with Crippen LogP contribution in [0.3, 0.4) is 0 Å². The molecule has 0 saturated carbocycles. The van der Waals surface area contributed by atoms with Crippen LogP contribution in [0.25, 0.3) is 0 Å². The average molecular weight is 335 g/mol. The normalized spacial score (nSPS) is 22.9. The monoisotopic (exact) mass is 335 g/mol. The van der Waals surface area contributed by atoms with Crippen molar-refractivity contribution in [2.75, 3.05) is 6.54 Å². The lowest BCUT2D eigenvalue weighted by atomic mass is 9.87. The van der Waals surface area contributed by atoms with Crippen LogP contribution < -0.4 is 0 Å². The fourth-order valence-corrected chi connectivity index (χ4v) is 3.24. The highest BCUT2D eigenvalue weighted by molar-refractivity contribution is 5.87. The van der Waals surface area contributed by atoms with E-state index in [1.165, 1.54) is 12.1 Å². The van der Waals surface area contributed by atoms with Crippen molar-refractivity contribution in [3.63, 3.8) is 0 Å². The van der Waals surface area contributed by atoms with Crippen molar-refractivity contribution in [1.82, 2.24) is 4.90 Å². The number of aromatic carboxylic acids is 1. The number of carbonyl (C=O) groups excluding carboxylic acids is 1. The zero-order valence-electron chi connectivity index (χ0n) is 14.6. The van der Waals surface area contributed by atoms with Crippen LogP contribution in [-0.2, 0) is 4.74 Å². The Morgan fingerprint density at radius 3 is 2.42 bits per heavy atom. The first-order valence-corrected chi connectivity index (χ1v) is 8.06. The highest BCUT2D eigenvalue weighted by atomic mass is 16.6. The lowest BCUT2D eigenvalue weighted by molar-refractivity contribution is -0.0859. The fourth-order valence-electron chi connectivity index (χ4n) is 3.24. The van der Waals surface area contributed by atoms with Gasteiger partial charge in [-0.25, -0.2) is 9.59 Å². The van der Waals surface area contributed by atoms with Crippen molar-refractivity contribution >= 4 is 12.1 Å². The van der Waals surface area contributed by atoms with Crippen LogP contribution >= 0.6 is 0 Å². The van der Waals surface area contributed by atoms with Gasteiger partial charge in [0.25, 0.3) is 0 Å². The molecule has 6 heteroatoms. The maximum absolute atomic E-state index is 12.4. The zero-order valence-corrected chi connectivity index (χ0v) is 14.6. The summed E-state index contributed by atoms with van der Waals surface area (Å²) in [4.78, 5) is 25.0. The molecular weight excluding hydrogens is 310 g/mol. The van der Waals surface area contributed by atoms with Crippen LogP contribution in [0.2, 0.25) is 0 Å². The van der Waals surface area contributed by atoms with E-state index in [1.54, 1.807) is 30.9 Å². The molecule has 0 bridgehead atoms. The molecule has 2 N–H and O–H groups in total. The summed E-state index contributed by atoms with van der Waals surface area (Å²) in [7, 11) is 0. The van der Waals surface area contributed by atoms with E-state index < -0.39 is 23.3 Å². The third-order valence-electron chi connectivity index (χ3n) is 4.36. The smallest absolute Gasteiger partial charge is 0.410 e. The number of rotatable bonds is 5. The molecule has 132 valence electrons. The van der Waals surface area contributed by atoms with E-state index in [9.17, 15) is 14.7 Å². The number of benzene rings is 1. The molecule has 1 aliphatic heterocycles. The van der Waals surface area contributed by atoms with E-state index in [2.05, 4.69) is 0 Å². The second-order valence-electron chi connectivity index (χ2n) is 7.35. The minimum absolute atomic E-state index is 0.213. The van der Waals surface area contributed by atoms with Crippen LogP contribution in [0.15, 0.2) is 24.3 Å². The second kappa shape index (κ2) is 6.43. The molecule has 0 unspecified atom stereocenters. The number of cyclic esters (lactones) is 1. The summed E-state index contributed by atoms with van der Waals surface area (Å²) in [5, 5.41) is 18.9. The van der Waals surface area contributed by atoms with Gasteiger partial charge in [-0.15, -0.1) is 0 Å². The molecule has 1 saturated heterocycles. The van der Waals surface area contributed by atoms with Gasteiger partial charge >= 0.3 is 12.1 Å². The summed E-state index contributed by atoms with van der Waals surface area (Å²) < 4.78 is 5.60. The first kappa shape index (κ1) is 18.3. The molecule has 0 radical (unpaired) electrons. The maximum Gasteiger partial charge on any atom is 0.410 e. The molecule has 1 aromatic rings. The predicted molar refractivity (Wildman–Crippen MR) is 88.9 cm³/mol. The number of ether oxygens (including phenoxy) is 1. The first-order valence-electron chi connectivity index (χ1n) is 8.06. The minimum atomic E-state index is -0.978. The molecule has 1 amide bonds. The van der Waals surface area contributed by atoms with Gasteiger partial charge in [-0.1, -0.05) is 12.1 Å². The molecular formula is C18H25NO5. The van der Waals surface area contributed by atoms with Crippen molar-refractivity contribution < 1.29 is 24.5 Å². The number of aliphatic hydroxyl groups is 1. The van der Waals surface area contributed by atoms with Crippen molar-refractivity contribution in [3.05, 3.63) is 35.4 Å². The highest BCUT2D eigenvalue weighted by Gasteiger charge is 2.41. The SMILES string of the molecule is C[C@@H](c1ccc(C(=O)O)cc1)N1CC[C@@](C)(CC(C)(C)O)OC1=O. The van der Waals surface area contributed by atoms with Gasteiger partial charge in [-0.2, -0.15) is 0 Å². The van der Waals surface area contributed by atoms with Gasteiger partial charge in [0.05, 0.1) is 17.2 Å². The summed E-state index contributed by atoms with van der Waals surface area (Å²) in [5.74, 6) is -0.978. The summed E-state index contributed by atoms with van der Waals surface area (Å²) in [6.07, 6.45) is 0.587. The molecule has 2 atom stereocenters. The second-order valence-corrected chi connectivity index (χ2v) is 7.35. The van der Waals surface area contributed by atoms with Crippen LogP contribution in [0.5, 0.6) is 0 Å². The quantitative estimate of drug-likeness (QED) is 0.863. The molecule has 6 nitrogen and oxygen atoms in total. The molecule has 2 rings (SSSR count). The Hall–Kier alpha value is -2.08. The molecule has 1 fully saturated rings. The maximum atomic E-state index is 12.4. The number of carboxylic acid groups (broad SMARTS) is 1. The molecule has 0 aromatic heterocycles. The number of carbonyl (C=O) groups is 2. The Morgan fingerprint density at radius 2 is 1.96 bits per heavy atom. The Balaban J connectivity index is 2.08. The van der Waals surface area contributed by atoms with Crippen molar-refractivity contribution in [2.45, 2.75) is 57.8 Å². The fraction of sp³-hybridized carbons (Fsp3) is 0.556. The van der Waals surface area contributed by atoms with Crippen molar-refractivity contribution in [2.24, 2.45) is 0 Å². The topological polar surface area (TPSA) is 87.1 Å². The lowest BCUT2D eigenvalue weighted by Gasteiger charge is -2.43. The number of nitrogens with zero attached hydrogens (tertiary/aromatic N) is 1. The van der Waals surface area contributed by atoms with E-state index in [0.717, 1.165) is 5.56 Å². The largest absolute Gasteiger partial charge is 0.478 e. The van der Waals surface area contributed by atoms with Gasteiger partial charge in [-0.05, 0) is 45.4 Å². The molecule has 0 spiro atoms. The Labute approximate surface area is 142 Å². The predicted octanol–water partition coefficient (Wildman–Crippen LogP) is 3.21. The zero-order chi connectivity index (χ0) is 18.1. The van der Waals surface area contributed by atoms with Crippen molar-refractivity contribution in [3.8, 4) is 0 Å². The average Bonchev–Trinajstić information content (AvgIpc) is 2.44. The standard InChI is InChI=1S/C18H25NO5/c1-12(13-5-7-14(8-6-13)15(20)21)19-10-9-18(4,24-16(19)22)11-17(2,3)23/h5-8,12,23H,9-11H2,1-4H3,(H,20,21)/t12-,18-/m0/s1. The van der Waals surface area contributed by atoms with Crippen molar-refractivity contribution in [1.29, 1.82) is 0 Å². The highest BCUT2D eigenvalue weighted by Crippen LogP contribution is 2.34. The van der Waals surface area contributed by atoms with E-state index in [1.807, 2.05) is 13.8 Å². The molecule has 1 heterocycles. The number of hydrogen-bond acceptors (Lipinski definition) is 4. The third-order valence-corrected chi connectivity index (χ3v) is 4.36. The third kappa shape index (κ3) is 4.26. The van der Waals surface area contributed by atoms with E-state index in [4.69, 9.17) is 9.84 Å². The number of hydrogen-bond donors (Lipinski definition) is 2. The molecule has 0 aliphatic carbocycles. The van der Waals surface area contributed by atoms with Crippen LogP contribution in [0.1, 0.15) is 62.5 Å². The van der Waals surface area contributed by atoms with Crippen LogP contribution in [-0.4, -0.2) is 44.9 Å². The summed E-state index contributed by atoms with van der Waals surface area (Å²) in [5.41, 5.74) is -0.526. The van der Waals surface area contributed by atoms with E-state index >= 15 is 0 Å². The lowest BCUT2D eigenvalue weighted by Crippen LogP contribution is -2.51. The number of carboxylic acids is 1. The summed E-state index contributed by atoms with van der Waals surface area (Å²) in [6, 6.07) is 6.27. The molecule has 1 aliphatic rings. The first-order chi connectivity index (χ1) is 11.0. The number of amides is 1. The Kier molecular flexibility index (Phi) is 4.90. The minimum Gasteiger partial charge on any atom is -0.478 e. The van der Waals surface area contributed by atoms with Crippen LogP contribution in [0.4, 0.5) is 4.79 Å². The van der Waals surface area contributed by atoms with E-state index in [0.29, 0.717) is 19.4 Å². The van der Waals surface area contributed by atoms with Gasteiger partial charge in [0.1, 0.15) is 5.60 Å². The molecule has 24 heavy (non-hydrogen) atoms. The Bertz CT molecular complexity index is 619. The Morgan fingerprint density at radius 1 is 1.38 bits per heavy atom. The van der Waals surface area contributed by atoms with Gasteiger partial charge in [-0.3, -0.25) is 0 Å². The summed E-state index contributed by atoms with van der Waals surface area (Å²) >= 11 is 0. The van der Waals surface area contributed by atoms with E-state index in [-0.39, 0.29) is 11.6 Å².